The van der Waals surface area contributed by atoms with Gasteiger partial charge in [0.25, 0.3) is 0 Å². The number of thiophene rings is 1. The number of anilines is 1. The Bertz CT molecular complexity index is 532. The molecule has 0 atom stereocenters. The highest BCUT2D eigenvalue weighted by atomic mass is 32.1. The predicted molar refractivity (Wildman–Crippen MR) is 83.4 cm³/mol. The number of amides is 1. The van der Waals surface area contributed by atoms with E-state index in [-0.39, 0.29) is 5.91 Å². The molecule has 0 saturated carbocycles. The van der Waals surface area contributed by atoms with Gasteiger partial charge in [-0.15, -0.1) is 11.3 Å². The summed E-state index contributed by atoms with van der Waals surface area (Å²) in [6, 6.07) is 11.4. The molecule has 0 spiro atoms. The van der Waals surface area contributed by atoms with E-state index in [2.05, 4.69) is 19.2 Å². The van der Waals surface area contributed by atoms with Gasteiger partial charge in [0.15, 0.2) is 0 Å². The molecule has 1 aromatic heterocycles. The molecular formula is C16H19NO2S. The Kier molecular flexibility index (Phi) is 5.18. The molecule has 0 fully saturated rings. The maximum Gasteiger partial charge on any atom is 0.229 e. The summed E-state index contributed by atoms with van der Waals surface area (Å²) in [7, 11) is 0. The van der Waals surface area contributed by atoms with Crippen LogP contribution in [0.15, 0.2) is 41.8 Å². The lowest BCUT2D eigenvalue weighted by Gasteiger charge is -2.09. The second kappa shape index (κ2) is 7.10. The van der Waals surface area contributed by atoms with E-state index in [0.717, 1.165) is 16.3 Å². The van der Waals surface area contributed by atoms with Crippen molar-refractivity contribution in [1.29, 1.82) is 0 Å². The van der Waals surface area contributed by atoms with Gasteiger partial charge >= 0.3 is 0 Å². The molecule has 3 nitrogen and oxygen atoms in total. The lowest BCUT2D eigenvalue weighted by molar-refractivity contribution is -0.115. The third-order valence-electron chi connectivity index (χ3n) is 2.64. The number of hydrogen-bond donors (Lipinski definition) is 1. The van der Waals surface area contributed by atoms with E-state index in [0.29, 0.717) is 18.9 Å². The minimum atomic E-state index is 0.00305. The molecule has 20 heavy (non-hydrogen) atoms. The molecule has 0 bridgehead atoms. The molecule has 0 aliphatic carbocycles. The summed E-state index contributed by atoms with van der Waals surface area (Å²) < 4.78 is 5.60. The van der Waals surface area contributed by atoms with Gasteiger partial charge in [-0.05, 0) is 41.6 Å². The van der Waals surface area contributed by atoms with Crippen LogP contribution >= 0.6 is 11.3 Å². The van der Waals surface area contributed by atoms with Crippen molar-refractivity contribution in [2.75, 3.05) is 11.9 Å². The van der Waals surface area contributed by atoms with E-state index in [1.165, 1.54) is 0 Å². The standard InChI is InChI=1S/C16H19NO2S/c1-12(2)11-19-14-7-5-13(6-8-14)17-16(18)10-15-4-3-9-20-15/h3-9,12H,10-11H2,1-2H3,(H,17,18). The van der Waals surface area contributed by atoms with E-state index in [1.54, 1.807) is 11.3 Å². The van der Waals surface area contributed by atoms with Crippen molar-refractivity contribution < 1.29 is 9.53 Å². The number of hydrogen-bond acceptors (Lipinski definition) is 3. The fourth-order valence-corrected chi connectivity index (χ4v) is 2.38. The Labute approximate surface area is 123 Å². The molecule has 2 rings (SSSR count). The van der Waals surface area contributed by atoms with Crippen LogP contribution in [-0.2, 0) is 11.2 Å². The van der Waals surface area contributed by atoms with Crippen molar-refractivity contribution in [3.63, 3.8) is 0 Å². The van der Waals surface area contributed by atoms with Crippen LogP contribution in [0.4, 0.5) is 5.69 Å². The monoisotopic (exact) mass is 289 g/mol. The average Bonchev–Trinajstić information content (AvgIpc) is 2.90. The smallest absolute Gasteiger partial charge is 0.229 e. The SMILES string of the molecule is CC(C)COc1ccc(NC(=O)Cc2cccs2)cc1. The molecule has 0 aliphatic heterocycles. The number of ether oxygens (including phenoxy) is 1. The maximum atomic E-state index is 11.8. The van der Waals surface area contributed by atoms with Gasteiger partial charge in [0.05, 0.1) is 13.0 Å². The van der Waals surface area contributed by atoms with E-state index in [9.17, 15) is 4.79 Å². The van der Waals surface area contributed by atoms with Gasteiger partial charge in [0, 0.05) is 10.6 Å². The van der Waals surface area contributed by atoms with E-state index < -0.39 is 0 Å². The van der Waals surface area contributed by atoms with Crippen LogP contribution in [-0.4, -0.2) is 12.5 Å². The molecule has 0 saturated heterocycles. The van der Waals surface area contributed by atoms with Crippen LogP contribution in [0, 0.1) is 5.92 Å². The fraction of sp³-hybridized carbons (Fsp3) is 0.312. The van der Waals surface area contributed by atoms with Gasteiger partial charge in [-0.1, -0.05) is 19.9 Å². The highest BCUT2D eigenvalue weighted by molar-refractivity contribution is 7.10. The van der Waals surface area contributed by atoms with Crippen molar-refractivity contribution in [3.8, 4) is 5.75 Å². The first kappa shape index (κ1) is 14.6. The summed E-state index contributed by atoms with van der Waals surface area (Å²) in [5.74, 6) is 1.33. The Hall–Kier alpha value is -1.81. The molecule has 1 amide bonds. The van der Waals surface area contributed by atoms with Crippen molar-refractivity contribution in [2.24, 2.45) is 5.92 Å². The third-order valence-corrected chi connectivity index (χ3v) is 3.51. The van der Waals surface area contributed by atoms with Crippen molar-refractivity contribution in [3.05, 3.63) is 46.7 Å². The second-order valence-corrected chi connectivity index (χ2v) is 6.07. The Morgan fingerprint density at radius 1 is 1.25 bits per heavy atom. The van der Waals surface area contributed by atoms with Crippen molar-refractivity contribution in [2.45, 2.75) is 20.3 Å². The molecule has 106 valence electrons. The predicted octanol–water partition coefficient (Wildman–Crippen LogP) is 3.96. The molecule has 0 aliphatic rings. The molecule has 0 radical (unpaired) electrons. The van der Waals surface area contributed by atoms with Gasteiger partial charge in [-0.2, -0.15) is 0 Å². The molecule has 2 aromatic rings. The Morgan fingerprint density at radius 2 is 2.00 bits per heavy atom. The van der Waals surface area contributed by atoms with Gasteiger partial charge in [0.1, 0.15) is 5.75 Å². The quantitative estimate of drug-likeness (QED) is 0.874. The normalized spacial score (nSPS) is 10.6. The van der Waals surface area contributed by atoms with E-state index in [1.807, 2.05) is 41.8 Å². The summed E-state index contributed by atoms with van der Waals surface area (Å²) in [5.41, 5.74) is 0.795. The Balaban J connectivity index is 1.85. The van der Waals surface area contributed by atoms with Crippen LogP contribution < -0.4 is 10.1 Å². The third kappa shape index (κ3) is 4.70. The van der Waals surface area contributed by atoms with Crippen LogP contribution in [0.1, 0.15) is 18.7 Å². The first-order valence-corrected chi connectivity index (χ1v) is 7.56. The molecule has 0 unspecified atom stereocenters. The first-order valence-electron chi connectivity index (χ1n) is 6.68. The molecule has 4 heteroatoms. The van der Waals surface area contributed by atoms with Crippen molar-refractivity contribution in [1.82, 2.24) is 0 Å². The summed E-state index contributed by atoms with van der Waals surface area (Å²) in [4.78, 5) is 12.9. The van der Waals surface area contributed by atoms with Gasteiger partial charge < -0.3 is 10.1 Å². The highest BCUT2D eigenvalue weighted by Gasteiger charge is 2.05. The summed E-state index contributed by atoms with van der Waals surface area (Å²) >= 11 is 1.59. The zero-order valence-electron chi connectivity index (χ0n) is 11.8. The van der Waals surface area contributed by atoms with E-state index >= 15 is 0 Å². The molecular weight excluding hydrogens is 270 g/mol. The van der Waals surface area contributed by atoms with Gasteiger partial charge in [0.2, 0.25) is 5.91 Å². The number of carbonyl (C=O) groups excluding carboxylic acids is 1. The van der Waals surface area contributed by atoms with Crippen molar-refractivity contribution >= 4 is 22.9 Å². The van der Waals surface area contributed by atoms with Crippen LogP contribution in [0.5, 0.6) is 5.75 Å². The fourth-order valence-electron chi connectivity index (χ4n) is 1.67. The van der Waals surface area contributed by atoms with E-state index in [4.69, 9.17) is 4.74 Å². The second-order valence-electron chi connectivity index (χ2n) is 5.03. The number of carbonyl (C=O) groups is 1. The average molecular weight is 289 g/mol. The lowest BCUT2D eigenvalue weighted by Crippen LogP contribution is -2.13. The summed E-state index contributed by atoms with van der Waals surface area (Å²) in [6.45, 7) is 4.92. The minimum Gasteiger partial charge on any atom is -0.493 e. The molecule has 1 aromatic carbocycles. The lowest BCUT2D eigenvalue weighted by atomic mass is 10.2. The number of rotatable bonds is 6. The number of benzene rings is 1. The summed E-state index contributed by atoms with van der Waals surface area (Å²) in [5, 5.41) is 4.86. The number of nitrogens with one attached hydrogen (secondary N) is 1. The molecule has 1 N–H and O–H groups in total. The minimum absolute atomic E-state index is 0.00305. The van der Waals surface area contributed by atoms with Crippen LogP contribution in [0.3, 0.4) is 0 Å². The zero-order valence-corrected chi connectivity index (χ0v) is 12.6. The van der Waals surface area contributed by atoms with Gasteiger partial charge in [-0.3, -0.25) is 4.79 Å². The maximum absolute atomic E-state index is 11.8. The highest BCUT2D eigenvalue weighted by Crippen LogP contribution is 2.17. The first-order chi connectivity index (χ1) is 9.63. The molecule has 1 heterocycles. The van der Waals surface area contributed by atoms with Crippen LogP contribution in [0.25, 0.3) is 0 Å². The van der Waals surface area contributed by atoms with Gasteiger partial charge in [-0.25, -0.2) is 0 Å². The topological polar surface area (TPSA) is 38.3 Å². The largest absolute Gasteiger partial charge is 0.493 e. The summed E-state index contributed by atoms with van der Waals surface area (Å²) in [6.07, 6.45) is 0.420. The zero-order chi connectivity index (χ0) is 14.4. The van der Waals surface area contributed by atoms with Crippen LogP contribution in [0.2, 0.25) is 0 Å². The Morgan fingerprint density at radius 3 is 2.60 bits per heavy atom.